The molecule has 4 nitrogen and oxygen atoms in total. The van der Waals surface area contributed by atoms with Gasteiger partial charge >= 0.3 is 5.69 Å². The fourth-order valence-electron chi connectivity index (χ4n) is 2.46. The summed E-state index contributed by atoms with van der Waals surface area (Å²) in [6, 6.07) is 0.922. The van der Waals surface area contributed by atoms with Gasteiger partial charge in [0, 0.05) is 30.5 Å². The van der Waals surface area contributed by atoms with Crippen molar-refractivity contribution >= 4 is 0 Å². The van der Waals surface area contributed by atoms with Gasteiger partial charge < -0.3 is 5.73 Å². The number of nitrogens with zero attached hydrogens (tertiary/aromatic N) is 2. The minimum atomic E-state index is 0.121. The zero-order chi connectivity index (χ0) is 11.7. The largest absolute Gasteiger partial charge is 0.328 e. The maximum Gasteiger partial charge on any atom is 0.328 e. The molecule has 0 aromatic carbocycles. The van der Waals surface area contributed by atoms with Crippen LogP contribution < -0.4 is 11.4 Å². The molecule has 1 aromatic rings. The first-order valence-electron chi connectivity index (χ1n) is 6.14. The number of aromatic nitrogens is 2. The molecule has 1 aromatic heterocycles. The van der Waals surface area contributed by atoms with Gasteiger partial charge in [0.25, 0.3) is 0 Å². The summed E-state index contributed by atoms with van der Waals surface area (Å²) in [6.07, 6.45) is 7.94. The summed E-state index contributed by atoms with van der Waals surface area (Å²) in [5, 5.41) is 0. The zero-order valence-corrected chi connectivity index (χ0v) is 10.1. The number of hydrogen-bond acceptors (Lipinski definition) is 2. The average Bonchev–Trinajstić information content (AvgIpc) is 2.61. The van der Waals surface area contributed by atoms with E-state index in [1.807, 2.05) is 30.8 Å². The van der Waals surface area contributed by atoms with Gasteiger partial charge in [-0.15, -0.1) is 0 Å². The Hall–Kier alpha value is -1.03. The van der Waals surface area contributed by atoms with Crippen LogP contribution in [0.3, 0.4) is 0 Å². The normalized spacial score (nSPS) is 26.2. The first-order valence-corrected chi connectivity index (χ1v) is 6.14. The molecule has 1 heterocycles. The Morgan fingerprint density at radius 2 is 1.88 bits per heavy atom. The number of imidazole rings is 1. The highest BCUT2D eigenvalue weighted by molar-refractivity contribution is 4.89. The molecule has 1 saturated carbocycles. The Morgan fingerprint density at radius 1 is 1.25 bits per heavy atom. The SMILES string of the molecule is CC(C)n1ccn(C2CCC(N)CC2)c1=O. The van der Waals surface area contributed by atoms with Crippen molar-refractivity contribution in [3.63, 3.8) is 0 Å². The standard InChI is InChI=1S/C12H21N3O/c1-9(2)14-7-8-15(12(14)16)11-5-3-10(13)4-6-11/h7-11H,3-6,13H2,1-2H3. The van der Waals surface area contributed by atoms with Gasteiger partial charge in [0.2, 0.25) is 0 Å². The van der Waals surface area contributed by atoms with Crippen molar-refractivity contribution in [2.45, 2.75) is 57.7 Å². The summed E-state index contributed by atoms with van der Waals surface area (Å²) in [6.45, 7) is 4.06. The van der Waals surface area contributed by atoms with Crippen LogP contribution in [-0.2, 0) is 0 Å². The average molecular weight is 223 g/mol. The van der Waals surface area contributed by atoms with Crippen LogP contribution in [0.15, 0.2) is 17.2 Å². The van der Waals surface area contributed by atoms with E-state index < -0.39 is 0 Å². The van der Waals surface area contributed by atoms with Crippen molar-refractivity contribution in [3.8, 4) is 0 Å². The lowest BCUT2D eigenvalue weighted by Gasteiger charge is -2.26. The van der Waals surface area contributed by atoms with E-state index in [4.69, 9.17) is 5.73 Å². The molecule has 0 atom stereocenters. The predicted molar refractivity (Wildman–Crippen MR) is 64.6 cm³/mol. The molecule has 1 fully saturated rings. The molecule has 0 amide bonds. The highest BCUT2D eigenvalue weighted by atomic mass is 16.1. The predicted octanol–water partition coefficient (Wildman–Crippen LogP) is 1.67. The Bertz CT molecular complexity index is 397. The first kappa shape index (κ1) is 11.5. The molecular weight excluding hydrogens is 202 g/mol. The number of rotatable bonds is 2. The van der Waals surface area contributed by atoms with Crippen LogP contribution in [0.25, 0.3) is 0 Å². The second kappa shape index (κ2) is 4.45. The Balaban J connectivity index is 2.18. The van der Waals surface area contributed by atoms with Crippen LogP contribution in [-0.4, -0.2) is 15.2 Å². The van der Waals surface area contributed by atoms with E-state index >= 15 is 0 Å². The van der Waals surface area contributed by atoms with Crippen LogP contribution in [0.2, 0.25) is 0 Å². The molecule has 2 N–H and O–H groups in total. The maximum atomic E-state index is 12.1. The van der Waals surface area contributed by atoms with Gasteiger partial charge in [0.15, 0.2) is 0 Å². The van der Waals surface area contributed by atoms with Crippen molar-refractivity contribution in [1.82, 2.24) is 9.13 Å². The van der Waals surface area contributed by atoms with Gasteiger partial charge in [-0.1, -0.05) is 0 Å². The maximum absolute atomic E-state index is 12.1. The minimum Gasteiger partial charge on any atom is -0.328 e. The van der Waals surface area contributed by atoms with Crippen molar-refractivity contribution in [1.29, 1.82) is 0 Å². The number of hydrogen-bond donors (Lipinski definition) is 1. The van der Waals surface area contributed by atoms with Crippen LogP contribution >= 0.6 is 0 Å². The number of nitrogens with two attached hydrogens (primary N) is 1. The molecule has 1 aliphatic rings. The van der Waals surface area contributed by atoms with Gasteiger partial charge in [-0.05, 0) is 39.5 Å². The molecular formula is C12H21N3O. The topological polar surface area (TPSA) is 52.9 Å². The molecule has 16 heavy (non-hydrogen) atoms. The summed E-state index contributed by atoms with van der Waals surface area (Å²) < 4.78 is 3.67. The van der Waals surface area contributed by atoms with Crippen molar-refractivity contribution in [2.75, 3.05) is 0 Å². The summed E-state index contributed by atoms with van der Waals surface area (Å²) >= 11 is 0. The Morgan fingerprint density at radius 3 is 2.38 bits per heavy atom. The molecule has 4 heteroatoms. The molecule has 0 bridgehead atoms. The first-order chi connectivity index (χ1) is 7.59. The molecule has 90 valence electrons. The third-order valence-corrected chi connectivity index (χ3v) is 3.52. The monoisotopic (exact) mass is 223 g/mol. The van der Waals surface area contributed by atoms with Crippen LogP contribution in [0.5, 0.6) is 0 Å². The van der Waals surface area contributed by atoms with E-state index in [0.717, 1.165) is 25.7 Å². The molecule has 0 saturated heterocycles. The third-order valence-electron chi connectivity index (χ3n) is 3.52. The van der Waals surface area contributed by atoms with Crippen molar-refractivity contribution in [2.24, 2.45) is 5.73 Å². The highest BCUT2D eigenvalue weighted by Gasteiger charge is 2.21. The van der Waals surface area contributed by atoms with Crippen molar-refractivity contribution in [3.05, 3.63) is 22.9 Å². The Labute approximate surface area is 96.1 Å². The minimum absolute atomic E-state index is 0.121. The second-order valence-corrected chi connectivity index (χ2v) is 5.06. The summed E-state index contributed by atoms with van der Waals surface area (Å²) in [5.74, 6) is 0. The summed E-state index contributed by atoms with van der Waals surface area (Å²) in [4.78, 5) is 12.1. The smallest absolute Gasteiger partial charge is 0.328 e. The molecule has 0 spiro atoms. The summed E-state index contributed by atoms with van der Waals surface area (Å²) in [5.41, 5.74) is 5.99. The van der Waals surface area contributed by atoms with Gasteiger partial charge in [-0.25, -0.2) is 4.79 Å². The molecule has 1 aliphatic carbocycles. The quantitative estimate of drug-likeness (QED) is 0.829. The molecule has 0 aliphatic heterocycles. The van der Waals surface area contributed by atoms with Gasteiger partial charge in [-0.3, -0.25) is 9.13 Å². The molecule has 0 radical (unpaired) electrons. The van der Waals surface area contributed by atoms with Crippen molar-refractivity contribution < 1.29 is 0 Å². The van der Waals surface area contributed by atoms with E-state index in [9.17, 15) is 4.79 Å². The second-order valence-electron chi connectivity index (χ2n) is 5.06. The van der Waals surface area contributed by atoms with Crippen LogP contribution in [0.4, 0.5) is 0 Å². The fraction of sp³-hybridized carbons (Fsp3) is 0.750. The van der Waals surface area contributed by atoms with Gasteiger partial charge in [0.05, 0.1) is 0 Å². The van der Waals surface area contributed by atoms with E-state index in [1.165, 1.54) is 0 Å². The van der Waals surface area contributed by atoms with Crippen LogP contribution in [0.1, 0.15) is 51.6 Å². The van der Waals surface area contributed by atoms with E-state index in [0.29, 0.717) is 12.1 Å². The lowest BCUT2D eigenvalue weighted by molar-refractivity contribution is 0.315. The van der Waals surface area contributed by atoms with E-state index in [2.05, 4.69) is 0 Å². The lowest BCUT2D eigenvalue weighted by Crippen LogP contribution is -2.33. The molecule has 0 unspecified atom stereocenters. The van der Waals surface area contributed by atoms with Gasteiger partial charge in [0.1, 0.15) is 0 Å². The molecule has 2 rings (SSSR count). The van der Waals surface area contributed by atoms with Crippen LogP contribution in [0, 0.1) is 0 Å². The lowest BCUT2D eigenvalue weighted by atomic mass is 9.92. The van der Waals surface area contributed by atoms with Gasteiger partial charge in [-0.2, -0.15) is 0 Å². The third kappa shape index (κ3) is 2.07. The zero-order valence-electron chi connectivity index (χ0n) is 10.1. The highest BCUT2D eigenvalue weighted by Crippen LogP contribution is 2.26. The Kier molecular flexibility index (Phi) is 3.19. The summed E-state index contributed by atoms with van der Waals surface area (Å²) in [7, 11) is 0. The van der Waals surface area contributed by atoms with E-state index in [1.54, 1.807) is 4.57 Å². The van der Waals surface area contributed by atoms with E-state index in [-0.39, 0.29) is 11.7 Å². The fourth-order valence-corrected chi connectivity index (χ4v) is 2.46.